The quantitative estimate of drug-likeness (QED) is 0.451. The zero-order valence-electron chi connectivity index (χ0n) is 5.19. The largest absolute Gasteiger partial charge is 0.465 e. The van der Waals surface area contributed by atoms with Crippen LogP contribution in [0.25, 0.3) is 0 Å². The van der Waals surface area contributed by atoms with E-state index in [1.165, 1.54) is 5.57 Å². The summed E-state index contributed by atoms with van der Waals surface area (Å²) in [7, 11) is 0.686. The molecule has 0 rings (SSSR count). The Kier molecular flexibility index (Phi) is 4.38. The molecule has 0 aromatic heterocycles. The maximum atomic E-state index is 5.05. The molecular formula is C4H12OSi2. The lowest BCUT2D eigenvalue weighted by atomic mass is 10.4. The van der Waals surface area contributed by atoms with Crippen LogP contribution in [-0.2, 0) is 4.12 Å². The van der Waals surface area contributed by atoms with Crippen molar-refractivity contribution in [2.24, 2.45) is 0 Å². The van der Waals surface area contributed by atoms with Crippen LogP contribution < -0.4 is 0 Å². The Morgan fingerprint density at radius 2 is 2.29 bits per heavy atom. The first kappa shape index (κ1) is 7.13. The molecule has 0 fully saturated rings. The molecule has 7 heavy (non-hydrogen) atoms. The van der Waals surface area contributed by atoms with Gasteiger partial charge < -0.3 is 4.12 Å². The van der Waals surface area contributed by atoms with Gasteiger partial charge in [-0.3, -0.25) is 0 Å². The van der Waals surface area contributed by atoms with Crippen LogP contribution in [0.1, 0.15) is 13.8 Å². The predicted octanol–water partition coefficient (Wildman–Crippen LogP) is -0.709. The van der Waals surface area contributed by atoms with Crippen LogP contribution >= 0.6 is 0 Å². The average Bonchev–Trinajstić information content (AvgIpc) is 1.61. The van der Waals surface area contributed by atoms with E-state index in [0.717, 1.165) is 10.5 Å². The van der Waals surface area contributed by atoms with Crippen LogP contribution in [0.4, 0.5) is 0 Å². The molecule has 0 bridgehead atoms. The molecule has 0 atom stereocenters. The highest BCUT2D eigenvalue weighted by Gasteiger charge is 1.73. The molecular weight excluding hydrogens is 120 g/mol. The van der Waals surface area contributed by atoms with Gasteiger partial charge in [-0.15, -0.1) is 0 Å². The SMILES string of the molecule is CC(C)=C[SiH2]O[SiH3]. The predicted molar refractivity (Wildman–Crippen MR) is 39.0 cm³/mol. The van der Waals surface area contributed by atoms with Gasteiger partial charge in [0.05, 0.1) is 0 Å². The Hall–Kier alpha value is 0.134. The van der Waals surface area contributed by atoms with E-state index < -0.39 is 0 Å². The fourth-order valence-corrected chi connectivity index (χ4v) is 1.25. The van der Waals surface area contributed by atoms with E-state index in [0.29, 0.717) is 0 Å². The zero-order chi connectivity index (χ0) is 5.70. The van der Waals surface area contributed by atoms with Crippen molar-refractivity contribution in [3.8, 4) is 0 Å². The minimum atomic E-state index is -0.226. The molecule has 0 saturated carbocycles. The third-order valence-electron chi connectivity index (χ3n) is 0.658. The van der Waals surface area contributed by atoms with Gasteiger partial charge in [0.15, 0.2) is 9.76 Å². The first-order chi connectivity index (χ1) is 3.27. The molecule has 0 spiro atoms. The summed E-state index contributed by atoms with van der Waals surface area (Å²) in [6, 6.07) is 0. The number of hydrogen-bond acceptors (Lipinski definition) is 1. The molecule has 0 radical (unpaired) electrons. The van der Waals surface area contributed by atoms with Gasteiger partial charge in [-0.2, -0.15) is 0 Å². The first-order valence-corrected chi connectivity index (χ1v) is 4.60. The maximum absolute atomic E-state index is 5.05. The van der Waals surface area contributed by atoms with Gasteiger partial charge in [0, 0.05) is 0 Å². The van der Waals surface area contributed by atoms with Gasteiger partial charge >= 0.3 is 0 Å². The minimum absolute atomic E-state index is 0.226. The first-order valence-electron chi connectivity index (χ1n) is 2.39. The van der Waals surface area contributed by atoms with Crippen LogP contribution in [0.15, 0.2) is 11.3 Å². The van der Waals surface area contributed by atoms with Gasteiger partial charge in [-0.05, 0) is 13.8 Å². The minimum Gasteiger partial charge on any atom is -0.465 e. The van der Waals surface area contributed by atoms with E-state index in [2.05, 4.69) is 19.5 Å². The molecule has 0 amide bonds. The molecule has 0 unspecified atom stereocenters. The van der Waals surface area contributed by atoms with Crippen molar-refractivity contribution in [3.63, 3.8) is 0 Å². The number of allylic oxidation sites excluding steroid dienone is 1. The highest BCUT2D eigenvalue weighted by atomic mass is 28.3. The highest BCUT2D eigenvalue weighted by Crippen LogP contribution is 1.83. The maximum Gasteiger partial charge on any atom is 0.170 e. The average molecular weight is 132 g/mol. The molecule has 42 valence electrons. The summed E-state index contributed by atoms with van der Waals surface area (Å²) in [5, 5.41) is 0. The second-order valence-electron chi connectivity index (χ2n) is 1.74. The van der Waals surface area contributed by atoms with Crippen molar-refractivity contribution in [2.45, 2.75) is 13.8 Å². The van der Waals surface area contributed by atoms with E-state index in [9.17, 15) is 0 Å². The molecule has 0 heterocycles. The van der Waals surface area contributed by atoms with E-state index in [1.807, 2.05) is 0 Å². The molecule has 0 aromatic rings. The van der Waals surface area contributed by atoms with Crippen molar-refractivity contribution in [3.05, 3.63) is 11.3 Å². The summed E-state index contributed by atoms with van der Waals surface area (Å²) in [4.78, 5) is 0. The second-order valence-corrected chi connectivity index (χ2v) is 4.79. The fraction of sp³-hybridized carbons (Fsp3) is 0.500. The van der Waals surface area contributed by atoms with Crippen LogP contribution in [0.5, 0.6) is 0 Å². The molecule has 0 aliphatic carbocycles. The molecule has 0 saturated heterocycles. The fourth-order valence-electron chi connectivity index (χ4n) is 0.250. The van der Waals surface area contributed by atoms with Crippen molar-refractivity contribution in [1.29, 1.82) is 0 Å². The Morgan fingerprint density at radius 1 is 1.71 bits per heavy atom. The summed E-state index contributed by atoms with van der Waals surface area (Å²) in [5.41, 5.74) is 3.61. The Balaban J connectivity index is 3.08. The topological polar surface area (TPSA) is 9.23 Å². The van der Waals surface area contributed by atoms with Gasteiger partial charge in [-0.1, -0.05) is 11.3 Å². The molecule has 0 aliphatic rings. The Bertz CT molecular complexity index is 66.1. The van der Waals surface area contributed by atoms with Crippen LogP contribution in [0.2, 0.25) is 0 Å². The van der Waals surface area contributed by atoms with Gasteiger partial charge in [0.25, 0.3) is 0 Å². The lowest BCUT2D eigenvalue weighted by molar-refractivity contribution is 0.675. The van der Waals surface area contributed by atoms with Crippen molar-refractivity contribution in [1.82, 2.24) is 0 Å². The molecule has 0 N–H and O–H groups in total. The van der Waals surface area contributed by atoms with E-state index in [1.54, 1.807) is 0 Å². The summed E-state index contributed by atoms with van der Waals surface area (Å²) < 4.78 is 5.05. The Labute approximate surface area is 50.3 Å². The van der Waals surface area contributed by atoms with E-state index in [4.69, 9.17) is 4.12 Å². The van der Waals surface area contributed by atoms with E-state index >= 15 is 0 Å². The van der Waals surface area contributed by atoms with Gasteiger partial charge in [0.1, 0.15) is 10.5 Å². The van der Waals surface area contributed by atoms with E-state index in [-0.39, 0.29) is 9.76 Å². The lowest BCUT2D eigenvalue weighted by Crippen LogP contribution is -1.89. The molecule has 1 nitrogen and oxygen atoms in total. The Morgan fingerprint density at radius 3 is 2.43 bits per heavy atom. The number of rotatable bonds is 2. The summed E-state index contributed by atoms with van der Waals surface area (Å²) >= 11 is 0. The van der Waals surface area contributed by atoms with Gasteiger partial charge in [0.2, 0.25) is 0 Å². The van der Waals surface area contributed by atoms with Crippen molar-refractivity contribution >= 4 is 20.2 Å². The molecule has 3 heteroatoms. The zero-order valence-corrected chi connectivity index (χ0v) is 8.61. The standard InChI is InChI=1S/C4H12OSi2/c1-4(2)3-7-5-6/h3H,7H2,1-2,6H3. The van der Waals surface area contributed by atoms with Crippen LogP contribution in [0.3, 0.4) is 0 Å². The molecule has 0 aromatic carbocycles. The van der Waals surface area contributed by atoms with Crippen LogP contribution in [-0.4, -0.2) is 20.2 Å². The summed E-state index contributed by atoms with van der Waals surface area (Å²) in [5.74, 6) is 0. The highest BCUT2D eigenvalue weighted by molar-refractivity contribution is 6.40. The second kappa shape index (κ2) is 4.30. The lowest BCUT2D eigenvalue weighted by Gasteiger charge is -1.87. The number of hydrogen-bond donors (Lipinski definition) is 0. The van der Waals surface area contributed by atoms with Crippen LogP contribution in [0, 0.1) is 0 Å². The summed E-state index contributed by atoms with van der Waals surface area (Å²) in [6.07, 6.45) is 0. The van der Waals surface area contributed by atoms with Gasteiger partial charge in [-0.25, -0.2) is 0 Å². The summed E-state index contributed by atoms with van der Waals surface area (Å²) in [6.45, 7) is 4.21. The third-order valence-corrected chi connectivity index (χ3v) is 2.97. The van der Waals surface area contributed by atoms with Crippen molar-refractivity contribution < 1.29 is 4.12 Å². The third kappa shape index (κ3) is 6.13. The molecule has 0 aliphatic heterocycles. The van der Waals surface area contributed by atoms with Crippen molar-refractivity contribution in [2.75, 3.05) is 0 Å². The smallest absolute Gasteiger partial charge is 0.170 e. The normalized spacial score (nSPS) is 10.6. The monoisotopic (exact) mass is 132 g/mol.